The van der Waals surface area contributed by atoms with Gasteiger partial charge in [-0.25, -0.2) is 0 Å². The van der Waals surface area contributed by atoms with Crippen LogP contribution >= 0.6 is 0 Å². The van der Waals surface area contributed by atoms with Gasteiger partial charge in [-0.1, -0.05) is 0 Å². The molecule has 9 nitrogen and oxygen atoms in total. The van der Waals surface area contributed by atoms with Crippen LogP contribution in [0.4, 0.5) is 0 Å². The van der Waals surface area contributed by atoms with Crippen molar-refractivity contribution in [2.75, 3.05) is 41.0 Å². The van der Waals surface area contributed by atoms with Crippen molar-refractivity contribution < 1.29 is 19.0 Å². The molecule has 1 atom stereocenters. The minimum atomic E-state index is -0.208. The van der Waals surface area contributed by atoms with Crippen LogP contribution in [0.5, 0.6) is 11.5 Å². The molecule has 30 heavy (non-hydrogen) atoms. The van der Waals surface area contributed by atoms with Crippen molar-refractivity contribution in [2.24, 2.45) is 0 Å². The topological polar surface area (TPSA) is 90.7 Å². The van der Waals surface area contributed by atoms with Gasteiger partial charge in [0.1, 0.15) is 17.3 Å². The Labute approximate surface area is 177 Å². The Balaban J connectivity index is 1.66. The van der Waals surface area contributed by atoms with E-state index in [1.54, 1.807) is 21.3 Å². The lowest BCUT2D eigenvalue weighted by Gasteiger charge is -2.21. The largest absolute Gasteiger partial charge is 0.497 e. The first-order valence-electron chi connectivity index (χ1n) is 10.2. The van der Waals surface area contributed by atoms with E-state index in [4.69, 9.17) is 14.2 Å². The lowest BCUT2D eigenvalue weighted by molar-refractivity contribution is -0.122. The summed E-state index contributed by atoms with van der Waals surface area (Å²) in [6.07, 6.45) is 1.13. The SMILES string of the molecule is COCCC(=O)N[C@@H](C)c1nnc2n1CCN(Cc1cc(OC)ccc1OC)CC2. The van der Waals surface area contributed by atoms with Gasteiger partial charge in [-0.15, -0.1) is 10.2 Å². The summed E-state index contributed by atoms with van der Waals surface area (Å²) in [7, 11) is 4.94. The van der Waals surface area contributed by atoms with Crippen molar-refractivity contribution in [3.05, 3.63) is 35.4 Å². The highest BCUT2D eigenvalue weighted by atomic mass is 16.5. The molecule has 3 rings (SSSR count). The van der Waals surface area contributed by atoms with Gasteiger partial charge in [0.05, 0.1) is 26.9 Å². The molecule has 1 aliphatic heterocycles. The number of carbonyl (C=O) groups is 1. The average Bonchev–Trinajstić information content (AvgIpc) is 3.06. The summed E-state index contributed by atoms with van der Waals surface area (Å²) in [6.45, 7) is 5.58. The summed E-state index contributed by atoms with van der Waals surface area (Å²) in [6, 6.07) is 5.65. The fourth-order valence-corrected chi connectivity index (χ4v) is 3.69. The lowest BCUT2D eigenvalue weighted by atomic mass is 10.1. The third-order valence-corrected chi connectivity index (χ3v) is 5.33. The van der Waals surface area contributed by atoms with E-state index in [9.17, 15) is 4.79 Å². The van der Waals surface area contributed by atoms with Crippen LogP contribution in [0, 0.1) is 0 Å². The van der Waals surface area contributed by atoms with Crippen molar-refractivity contribution >= 4 is 5.91 Å². The van der Waals surface area contributed by atoms with Crippen molar-refractivity contribution in [1.29, 1.82) is 0 Å². The molecule has 1 aliphatic rings. The Morgan fingerprint density at radius 1 is 1.17 bits per heavy atom. The van der Waals surface area contributed by atoms with Gasteiger partial charge < -0.3 is 24.1 Å². The fraction of sp³-hybridized carbons (Fsp3) is 0.571. The van der Waals surface area contributed by atoms with E-state index in [2.05, 4.69) is 25.0 Å². The number of benzene rings is 1. The maximum Gasteiger partial charge on any atom is 0.222 e. The van der Waals surface area contributed by atoms with E-state index in [0.29, 0.717) is 13.0 Å². The number of nitrogens with one attached hydrogen (secondary N) is 1. The maximum absolute atomic E-state index is 12.0. The molecule has 164 valence electrons. The molecule has 1 aromatic carbocycles. The number of fused-ring (bicyclic) bond motifs is 1. The summed E-state index contributed by atoms with van der Waals surface area (Å²) in [5, 5.41) is 11.7. The number of hydrogen-bond donors (Lipinski definition) is 1. The molecule has 0 radical (unpaired) electrons. The van der Waals surface area contributed by atoms with Gasteiger partial charge in [0, 0.05) is 51.7 Å². The van der Waals surface area contributed by atoms with Crippen LogP contribution in [0.3, 0.4) is 0 Å². The molecular weight excluding hydrogens is 386 g/mol. The number of rotatable bonds is 9. The zero-order valence-electron chi connectivity index (χ0n) is 18.2. The second-order valence-electron chi connectivity index (χ2n) is 7.36. The van der Waals surface area contributed by atoms with Crippen LogP contribution in [0.25, 0.3) is 0 Å². The predicted molar refractivity (Wildman–Crippen MR) is 112 cm³/mol. The van der Waals surface area contributed by atoms with Crippen LogP contribution < -0.4 is 14.8 Å². The predicted octanol–water partition coefficient (Wildman–Crippen LogP) is 1.57. The molecule has 1 aromatic heterocycles. The monoisotopic (exact) mass is 417 g/mol. The van der Waals surface area contributed by atoms with Gasteiger partial charge in [0.25, 0.3) is 0 Å². The van der Waals surface area contributed by atoms with Crippen LogP contribution in [-0.2, 0) is 29.0 Å². The lowest BCUT2D eigenvalue weighted by Crippen LogP contribution is -2.30. The van der Waals surface area contributed by atoms with Gasteiger partial charge in [0.2, 0.25) is 5.91 Å². The zero-order valence-corrected chi connectivity index (χ0v) is 18.2. The molecule has 0 saturated heterocycles. The average molecular weight is 418 g/mol. The Kier molecular flexibility index (Phi) is 7.64. The zero-order chi connectivity index (χ0) is 21.5. The van der Waals surface area contributed by atoms with E-state index in [0.717, 1.165) is 61.3 Å². The van der Waals surface area contributed by atoms with Crippen LogP contribution in [0.2, 0.25) is 0 Å². The third kappa shape index (κ3) is 5.28. The molecule has 0 saturated carbocycles. The van der Waals surface area contributed by atoms with Crippen molar-refractivity contribution in [1.82, 2.24) is 25.0 Å². The van der Waals surface area contributed by atoms with E-state index < -0.39 is 0 Å². The number of nitrogens with zero attached hydrogens (tertiary/aromatic N) is 4. The number of aromatic nitrogens is 3. The molecule has 0 aliphatic carbocycles. The Bertz CT molecular complexity index is 854. The van der Waals surface area contributed by atoms with Crippen molar-refractivity contribution in [2.45, 2.75) is 38.9 Å². The summed E-state index contributed by atoms with van der Waals surface area (Å²) in [5.41, 5.74) is 1.09. The third-order valence-electron chi connectivity index (χ3n) is 5.33. The molecule has 0 fully saturated rings. The Hall–Kier alpha value is -2.65. The van der Waals surface area contributed by atoms with Gasteiger partial charge in [-0.2, -0.15) is 0 Å². The molecule has 9 heteroatoms. The molecule has 0 bridgehead atoms. The normalized spacial score (nSPS) is 15.2. The molecule has 1 amide bonds. The highest BCUT2D eigenvalue weighted by Crippen LogP contribution is 2.26. The summed E-state index contributed by atoms with van der Waals surface area (Å²) >= 11 is 0. The quantitative estimate of drug-likeness (QED) is 0.662. The van der Waals surface area contributed by atoms with E-state index in [1.807, 2.05) is 25.1 Å². The van der Waals surface area contributed by atoms with Crippen LogP contribution in [0.15, 0.2) is 18.2 Å². The number of ether oxygens (including phenoxy) is 3. The smallest absolute Gasteiger partial charge is 0.222 e. The van der Waals surface area contributed by atoms with Gasteiger partial charge >= 0.3 is 0 Å². The van der Waals surface area contributed by atoms with E-state index >= 15 is 0 Å². The van der Waals surface area contributed by atoms with Crippen molar-refractivity contribution in [3.63, 3.8) is 0 Å². The number of carbonyl (C=O) groups excluding carboxylic acids is 1. The second-order valence-corrected chi connectivity index (χ2v) is 7.36. The van der Waals surface area contributed by atoms with Crippen LogP contribution in [-0.4, -0.2) is 66.6 Å². The van der Waals surface area contributed by atoms with Gasteiger partial charge in [-0.3, -0.25) is 9.69 Å². The molecule has 2 aromatic rings. The molecule has 0 spiro atoms. The highest BCUT2D eigenvalue weighted by Gasteiger charge is 2.23. The van der Waals surface area contributed by atoms with Gasteiger partial charge in [0.15, 0.2) is 5.82 Å². The van der Waals surface area contributed by atoms with Crippen molar-refractivity contribution in [3.8, 4) is 11.5 Å². The number of hydrogen-bond acceptors (Lipinski definition) is 7. The fourth-order valence-electron chi connectivity index (χ4n) is 3.69. The maximum atomic E-state index is 12.0. The first-order valence-corrected chi connectivity index (χ1v) is 10.2. The highest BCUT2D eigenvalue weighted by molar-refractivity contribution is 5.76. The number of amides is 1. The number of methoxy groups -OCH3 is 3. The Morgan fingerprint density at radius 2 is 2.00 bits per heavy atom. The summed E-state index contributed by atoms with van der Waals surface area (Å²) in [4.78, 5) is 14.4. The minimum Gasteiger partial charge on any atom is -0.497 e. The van der Waals surface area contributed by atoms with Gasteiger partial charge in [-0.05, 0) is 25.1 Å². The standard InChI is InChI=1S/C21H31N5O4/c1-15(22-20(27)8-12-28-2)21-24-23-19-7-9-25(10-11-26(19)21)14-16-13-17(29-3)5-6-18(16)30-4/h5-6,13,15H,7-12,14H2,1-4H3,(H,22,27)/t15-/m0/s1. The van der Waals surface area contributed by atoms with E-state index in [1.165, 1.54) is 0 Å². The summed E-state index contributed by atoms with van der Waals surface area (Å²) < 4.78 is 18.0. The van der Waals surface area contributed by atoms with Crippen LogP contribution in [0.1, 0.15) is 36.6 Å². The second kappa shape index (κ2) is 10.4. The Morgan fingerprint density at radius 3 is 2.73 bits per heavy atom. The first kappa shape index (κ1) is 22.0. The molecular formula is C21H31N5O4. The molecule has 1 N–H and O–H groups in total. The van der Waals surface area contributed by atoms with E-state index in [-0.39, 0.29) is 11.9 Å². The minimum absolute atomic E-state index is 0.0536. The first-order chi connectivity index (χ1) is 14.5. The molecule has 2 heterocycles. The summed E-state index contributed by atoms with van der Waals surface area (Å²) in [5.74, 6) is 3.35. The molecule has 0 unspecified atom stereocenters.